The van der Waals surface area contributed by atoms with Crippen LogP contribution in [0.2, 0.25) is 118 Å². The molecule has 0 nitrogen and oxygen atoms in total. The third kappa shape index (κ3) is 11.7. The summed E-state index contributed by atoms with van der Waals surface area (Å²) in [5, 5.41) is 9.13. The fourth-order valence-corrected chi connectivity index (χ4v) is 9.21. The molecule has 0 fully saturated rings. The number of hydrogen-bond acceptors (Lipinski definition) is 0. The van der Waals surface area contributed by atoms with Crippen molar-refractivity contribution in [2.75, 3.05) is 0 Å². The minimum absolute atomic E-state index is 0.920. The quantitative estimate of drug-likeness (QED) is 0.0827. The maximum atomic E-state index is 3.91. The molecule has 0 aliphatic carbocycles. The van der Waals surface area contributed by atoms with Crippen LogP contribution in [-0.2, 0) is 0 Å². The maximum absolute atomic E-state index is 3.91. The first-order valence-electron chi connectivity index (χ1n) is 20.6. The molecule has 0 bridgehead atoms. The summed E-state index contributed by atoms with van der Waals surface area (Å²) in [6.07, 6.45) is 0. The molecular formula is C52H62Si6. The molecule has 0 aliphatic heterocycles. The molecule has 0 aromatic heterocycles. The molecule has 0 radical (unpaired) electrons. The molecule has 0 saturated heterocycles. The molecule has 0 aliphatic rings. The first-order valence-corrected chi connectivity index (χ1v) is 41.6. The van der Waals surface area contributed by atoms with Crippen LogP contribution >= 0.6 is 0 Å². The summed E-state index contributed by atoms with van der Waals surface area (Å²) in [5.41, 5.74) is 28.6. The van der Waals surface area contributed by atoms with E-state index in [1.54, 1.807) is 0 Å². The number of hydrogen-bond donors (Lipinski definition) is 0. The summed E-state index contributed by atoms with van der Waals surface area (Å²) < 4.78 is 0. The third-order valence-electron chi connectivity index (χ3n) is 8.75. The van der Waals surface area contributed by atoms with Crippen molar-refractivity contribution in [3.8, 4) is 68.8 Å². The molecule has 0 atom stereocenters. The molecule has 294 valence electrons. The van der Waals surface area contributed by atoms with E-state index in [1.165, 1.54) is 16.2 Å². The Morgan fingerprint density at radius 2 is 0.603 bits per heavy atom. The van der Waals surface area contributed by atoms with Crippen LogP contribution in [0.15, 0.2) is 48.5 Å². The van der Waals surface area contributed by atoms with Crippen molar-refractivity contribution in [2.45, 2.75) is 118 Å². The topological polar surface area (TPSA) is 0 Å². The van der Waals surface area contributed by atoms with E-state index < -0.39 is 48.4 Å². The van der Waals surface area contributed by atoms with E-state index in [1.807, 2.05) is 0 Å². The van der Waals surface area contributed by atoms with Gasteiger partial charge in [0.05, 0.1) is 11.1 Å². The lowest BCUT2D eigenvalue weighted by Crippen LogP contribution is -2.18. The van der Waals surface area contributed by atoms with E-state index >= 15 is 0 Å². The van der Waals surface area contributed by atoms with E-state index in [4.69, 9.17) is 0 Å². The van der Waals surface area contributed by atoms with Crippen molar-refractivity contribution in [3.63, 3.8) is 0 Å². The molecule has 6 heteroatoms. The highest BCUT2D eigenvalue weighted by molar-refractivity contribution is 6.86. The fourth-order valence-electron chi connectivity index (χ4n) is 6.21. The van der Waals surface area contributed by atoms with Gasteiger partial charge in [-0.05, 0) is 51.2 Å². The zero-order chi connectivity index (χ0) is 43.2. The molecule has 0 heterocycles. The van der Waals surface area contributed by atoms with Crippen molar-refractivity contribution in [3.05, 3.63) is 81.9 Å². The van der Waals surface area contributed by atoms with Gasteiger partial charge in [-0.25, -0.2) is 0 Å². The van der Waals surface area contributed by atoms with Gasteiger partial charge in [-0.3, -0.25) is 0 Å². The number of rotatable bonds is 0. The Bertz CT molecular complexity index is 2910. The Morgan fingerprint density at radius 3 is 1.05 bits per heavy atom. The lowest BCUT2D eigenvalue weighted by Gasteiger charge is -2.19. The molecule has 5 rings (SSSR count). The van der Waals surface area contributed by atoms with Crippen LogP contribution in [0, 0.1) is 68.8 Å². The zero-order valence-electron chi connectivity index (χ0n) is 38.6. The van der Waals surface area contributed by atoms with Gasteiger partial charge in [0.15, 0.2) is 0 Å². The second kappa shape index (κ2) is 16.1. The highest BCUT2D eigenvalue weighted by Gasteiger charge is 2.25. The van der Waals surface area contributed by atoms with Crippen LogP contribution in [0.3, 0.4) is 0 Å². The Labute approximate surface area is 357 Å². The van der Waals surface area contributed by atoms with Crippen LogP contribution in [0.1, 0.15) is 33.4 Å². The summed E-state index contributed by atoms with van der Waals surface area (Å²) in [6, 6.07) is 18.1. The Morgan fingerprint density at radius 1 is 0.276 bits per heavy atom. The van der Waals surface area contributed by atoms with E-state index in [9.17, 15) is 0 Å². The van der Waals surface area contributed by atoms with Crippen molar-refractivity contribution >= 4 is 91.5 Å². The zero-order valence-corrected chi connectivity index (χ0v) is 44.6. The van der Waals surface area contributed by atoms with E-state index in [2.05, 4.69) is 235 Å². The largest absolute Gasteiger partial charge is 0.129 e. The molecule has 5 aromatic carbocycles. The van der Waals surface area contributed by atoms with Crippen molar-refractivity contribution in [2.24, 2.45) is 0 Å². The predicted octanol–water partition coefficient (Wildman–Crippen LogP) is 13.7. The smallest absolute Gasteiger partial charge is 0.127 e. The standard InChI is InChI=1S/C52H62Si6/c1-53(2,3)29-23-43-44(24-30-54(4,5)6)46(26-32-56(10,11)12)52-48(28-34-58(16,17)18)51-42(38-50(52)45(43)25-31-55(7,8)9)36-41-35-39-21-19-20-22-40(39)37-49(41)47(51)27-33-57(13,14)15/h19-22,35-38H,1-18H3. The first-order chi connectivity index (χ1) is 26.5. The monoisotopic (exact) mass is 854 g/mol. The fraction of sp³-hybridized carbons (Fsp3) is 0.346. The van der Waals surface area contributed by atoms with Crippen LogP contribution in [0.4, 0.5) is 0 Å². The van der Waals surface area contributed by atoms with Gasteiger partial charge in [0, 0.05) is 38.4 Å². The molecule has 5 aromatic rings. The maximum Gasteiger partial charge on any atom is 0.129 e. The van der Waals surface area contributed by atoms with Crippen molar-refractivity contribution in [1.29, 1.82) is 0 Å². The van der Waals surface area contributed by atoms with Gasteiger partial charge in [0.1, 0.15) is 48.4 Å². The van der Waals surface area contributed by atoms with E-state index in [-0.39, 0.29) is 0 Å². The van der Waals surface area contributed by atoms with Crippen molar-refractivity contribution in [1.82, 2.24) is 0 Å². The molecule has 0 N–H and O–H groups in total. The van der Waals surface area contributed by atoms with Gasteiger partial charge >= 0.3 is 0 Å². The lowest BCUT2D eigenvalue weighted by atomic mass is 9.83. The Balaban J connectivity index is 2.32. The normalized spacial score (nSPS) is 12.2. The van der Waals surface area contributed by atoms with Crippen LogP contribution in [0.25, 0.3) is 43.1 Å². The van der Waals surface area contributed by atoms with Gasteiger partial charge in [-0.2, -0.15) is 0 Å². The third-order valence-corrected chi connectivity index (χ3v) is 14.0. The Kier molecular flexibility index (Phi) is 12.5. The summed E-state index contributed by atoms with van der Waals surface area (Å²) in [7, 11) is -11.0. The molecule has 0 unspecified atom stereocenters. The molecule has 58 heavy (non-hydrogen) atoms. The van der Waals surface area contributed by atoms with Gasteiger partial charge < -0.3 is 0 Å². The minimum atomic E-state index is -1.87. The second-order valence-electron chi connectivity index (χ2n) is 21.9. The van der Waals surface area contributed by atoms with Crippen LogP contribution in [-0.4, -0.2) is 48.4 Å². The van der Waals surface area contributed by atoms with Gasteiger partial charge in [-0.1, -0.05) is 178 Å². The van der Waals surface area contributed by atoms with E-state index in [0.29, 0.717) is 0 Å². The van der Waals surface area contributed by atoms with Crippen LogP contribution < -0.4 is 0 Å². The summed E-state index contributed by atoms with van der Waals surface area (Å²) in [5.74, 6) is 23.0. The van der Waals surface area contributed by atoms with E-state index in [0.717, 1.165) is 60.3 Å². The van der Waals surface area contributed by atoms with Gasteiger partial charge in [0.25, 0.3) is 0 Å². The average molecular weight is 856 g/mol. The summed E-state index contributed by atoms with van der Waals surface area (Å²) in [6.45, 7) is 41.7. The molecule has 0 spiro atoms. The SMILES string of the molecule is C[Si](C)(C)C#Cc1c(C#C[Si](C)(C)C)c(C#C[Si](C)(C)C)c2c(C#C[Si](C)(C)C)c3c(C#C[Si](C)(C)C)c4cc5ccccc5cc4cc3cc2c1C#C[Si](C)(C)C. The molecule has 0 amide bonds. The highest BCUT2D eigenvalue weighted by Crippen LogP contribution is 2.41. The number of fused-ring (bicyclic) bond motifs is 4. The number of benzene rings is 5. The predicted molar refractivity (Wildman–Crippen MR) is 278 cm³/mol. The molecular weight excluding hydrogens is 793 g/mol. The molecule has 0 saturated carbocycles. The van der Waals surface area contributed by atoms with Gasteiger partial charge in [0.2, 0.25) is 0 Å². The minimum Gasteiger partial charge on any atom is -0.127 e. The summed E-state index contributed by atoms with van der Waals surface area (Å²) in [4.78, 5) is 0. The summed E-state index contributed by atoms with van der Waals surface area (Å²) >= 11 is 0. The first kappa shape index (κ1) is 44.9. The van der Waals surface area contributed by atoms with Crippen molar-refractivity contribution < 1.29 is 0 Å². The Hall–Kier alpha value is -4.20. The van der Waals surface area contributed by atoms with Gasteiger partial charge in [-0.15, -0.1) is 33.3 Å². The average Bonchev–Trinajstić information content (AvgIpc) is 3.05. The lowest BCUT2D eigenvalue weighted by molar-refractivity contribution is 1.56. The highest BCUT2D eigenvalue weighted by atomic mass is 28.3. The van der Waals surface area contributed by atoms with Crippen LogP contribution in [0.5, 0.6) is 0 Å². The second-order valence-corrected chi connectivity index (χ2v) is 50.4.